The number of anilines is 1. The zero-order chi connectivity index (χ0) is 24.9. The van der Waals surface area contributed by atoms with Crippen molar-refractivity contribution in [2.45, 2.75) is 58.2 Å². The molecule has 1 atom stereocenters. The highest BCUT2D eigenvalue weighted by atomic mass is 79.9. The fourth-order valence-corrected chi connectivity index (χ4v) is 5.46. The molecule has 0 saturated heterocycles. The van der Waals surface area contributed by atoms with E-state index in [1.807, 2.05) is 31.2 Å². The number of sulfonamides is 1. The number of hydrogen-bond acceptors (Lipinski definition) is 4. The maximum atomic E-state index is 13.6. The van der Waals surface area contributed by atoms with E-state index in [1.165, 1.54) is 4.90 Å². The minimum atomic E-state index is -3.74. The summed E-state index contributed by atoms with van der Waals surface area (Å²) >= 11 is 3.36. The van der Waals surface area contributed by atoms with Crippen molar-refractivity contribution in [1.82, 2.24) is 10.2 Å². The lowest BCUT2D eigenvalue weighted by molar-refractivity contribution is -0.139. The standard InChI is InChI=1S/C25H32BrN3O4S/c1-18-8-6-9-20(14-18)16-28(19(2)25(31)27-22-11-4-5-12-22)24(30)17-29(34(3,32)33)23-13-7-10-21(26)15-23/h6-10,13-15,19,22H,4-5,11-12,16-17H2,1-3H3,(H,27,31)/t19-/m1/s1. The first-order valence-corrected chi connectivity index (χ1v) is 14.1. The number of carbonyl (C=O) groups excluding carboxylic acids is 2. The summed E-state index contributed by atoms with van der Waals surface area (Å²) in [4.78, 5) is 28.1. The fourth-order valence-electron chi connectivity index (χ4n) is 4.23. The highest BCUT2D eigenvalue weighted by molar-refractivity contribution is 9.10. The molecule has 1 aliphatic carbocycles. The van der Waals surface area contributed by atoms with E-state index in [1.54, 1.807) is 31.2 Å². The summed E-state index contributed by atoms with van der Waals surface area (Å²) in [5.74, 6) is -0.665. The lowest BCUT2D eigenvalue weighted by Crippen LogP contribution is -2.52. The smallest absolute Gasteiger partial charge is 0.244 e. The first kappa shape index (κ1) is 26.2. The normalized spacial score (nSPS) is 15.1. The molecular formula is C25H32BrN3O4S. The number of carbonyl (C=O) groups is 2. The van der Waals surface area contributed by atoms with Gasteiger partial charge in [-0.25, -0.2) is 8.42 Å². The molecule has 2 amide bonds. The van der Waals surface area contributed by atoms with E-state index in [0.717, 1.165) is 47.4 Å². The number of nitrogens with one attached hydrogen (secondary N) is 1. The van der Waals surface area contributed by atoms with Crippen molar-refractivity contribution in [3.8, 4) is 0 Å². The van der Waals surface area contributed by atoms with Gasteiger partial charge >= 0.3 is 0 Å². The molecule has 9 heteroatoms. The van der Waals surface area contributed by atoms with Crippen molar-refractivity contribution < 1.29 is 18.0 Å². The summed E-state index contributed by atoms with van der Waals surface area (Å²) in [6.45, 7) is 3.46. The molecule has 0 aromatic heterocycles. The third-order valence-corrected chi connectivity index (χ3v) is 7.71. The predicted molar refractivity (Wildman–Crippen MR) is 138 cm³/mol. The van der Waals surface area contributed by atoms with Crippen LogP contribution in [0.4, 0.5) is 5.69 Å². The second-order valence-electron chi connectivity index (χ2n) is 8.93. The Morgan fingerprint density at radius 1 is 1.12 bits per heavy atom. The number of rotatable bonds is 9. The van der Waals surface area contributed by atoms with E-state index in [0.29, 0.717) is 10.2 Å². The molecule has 1 saturated carbocycles. The van der Waals surface area contributed by atoms with Crippen molar-refractivity contribution >= 4 is 43.5 Å². The van der Waals surface area contributed by atoms with Gasteiger partial charge in [-0.1, -0.05) is 64.7 Å². The van der Waals surface area contributed by atoms with Gasteiger partial charge in [0.05, 0.1) is 11.9 Å². The van der Waals surface area contributed by atoms with Crippen LogP contribution >= 0.6 is 15.9 Å². The molecule has 2 aromatic rings. The van der Waals surface area contributed by atoms with Crippen molar-refractivity contribution in [3.05, 3.63) is 64.1 Å². The average Bonchev–Trinajstić information content (AvgIpc) is 3.27. The Balaban J connectivity index is 1.88. The Bertz CT molecular complexity index is 1130. The third-order valence-electron chi connectivity index (χ3n) is 6.08. The van der Waals surface area contributed by atoms with Gasteiger partial charge in [0, 0.05) is 17.1 Å². The summed E-state index contributed by atoms with van der Waals surface area (Å²) in [7, 11) is -3.74. The van der Waals surface area contributed by atoms with E-state index < -0.39 is 28.5 Å². The van der Waals surface area contributed by atoms with Crippen LogP contribution in [0.2, 0.25) is 0 Å². The SMILES string of the molecule is Cc1cccc(CN(C(=O)CN(c2cccc(Br)c2)S(C)(=O)=O)[C@H](C)C(=O)NC2CCCC2)c1. The highest BCUT2D eigenvalue weighted by Gasteiger charge is 2.31. The Hall–Kier alpha value is -2.39. The van der Waals surface area contributed by atoms with Crippen molar-refractivity contribution in [3.63, 3.8) is 0 Å². The second-order valence-corrected chi connectivity index (χ2v) is 11.7. The molecule has 34 heavy (non-hydrogen) atoms. The molecule has 0 spiro atoms. The number of aryl methyl sites for hydroxylation is 1. The van der Waals surface area contributed by atoms with Crippen molar-refractivity contribution in [2.24, 2.45) is 0 Å². The number of halogens is 1. The molecule has 0 radical (unpaired) electrons. The summed E-state index contributed by atoms with van der Waals surface area (Å²) in [5, 5.41) is 3.06. The maximum absolute atomic E-state index is 13.6. The molecule has 0 aliphatic heterocycles. The largest absolute Gasteiger partial charge is 0.352 e. The van der Waals surface area contributed by atoms with Gasteiger partial charge in [0.2, 0.25) is 21.8 Å². The molecule has 7 nitrogen and oxygen atoms in total. The summed E-state index contributed by atoms with van der Waals surface area (Å²) in [5.41, 5.74) is 2.30. The van der Waals surface area contributed by atoms with Crippen molar-refractivity contribution in [2.75, 3.05) is 17.1 Å². The molecule has 3 rings (SSSR count). The summed E-state index contributed by atoms with van der Waals surface area (Å²) in [6, 6.07) is 13.9. The van der Waals surface area contributed by atoms with Crippen molar-refractivity contribution in [1.29, 1.82) is 0 Å². The second kappa shape index (κ2) is 11.4. The third kappa shape index (κ3) is 7.06. The number of nitrogens with zero attached hydrogens (tertiary/aromatic N) is 2. The summed E-state index contributed by atoms with van der Waals surface area (Å²) in [6.07, 6.45) is 5.12. The van der Waals surface area contributed by atoms with E-state index in [4.69, 9.17) is 0 Å². The van der Waals surface area contributed by atoms with Crippen LogP contribution in [-0.4, -0.2) is 50.0 Å². The molecule has 2 aromatic carbocycles. The summed E-state index contributed by atoms with van der Waals surface area (Å²) < 4.78 is 27.0. The number of benzene rings is 2. The van der Waals surface area contributed by atoms with E-state index in [-0.39, 0.29) is 18.5 Å². The van der Waals surface area contributed by atoms with Gasteiger partial charge in [0.15, 0.2) is 0 Å². The lowest BCUT2D eigenvalue weighted by atomic mass is 10.1. The van der Waals surface area contributed by atoms with Crippen LogP contribution in [0.1, 0.15) is 43.7 Å². The molecule has 1 fully saturated rings. The van der Waals surface area contributed by atoms with Gasteiger partial charge in [0.25, 0.3) is 0 Å². The fraction of sp³-hybridized carbons (Fsp3) is 0.440. The minimum absolute atomic E-state index is 0.125. The monoisotopic (exact) mass is 549 g/mol. The molecule has 1 N–H and O–H groups in total. The van der Waals surface area contributed by atoms with E-state index in [2.05, 4.69) is 21.2 Å². The molecule has 184 valence electrons. The van der Waals surface area contributed by atoms with Crippen LogP contribution in [0, 0.1) is 6.92 Å². The zero-order valence-corrected chi connectivity index (χ0v) is 22.2. The minimum Gasteiger partial charge on any atom is -0.352 e. The molecule has 0 unspecified atom stereocenters. The van der Waals surface area contributed by atoms with Gasteiger partial charge < -0.3 is 10.2 Å². The Morgan fingerprint density at radius 3 is 2.41 bits per heavy atom. The van der Waals surface area contributed by atoms with Crippen LogP contribution in [0.5, 0.6) is 0 Å². The number of amides is 2. The van der Waals surface area contributed by atoms with E-state index in [9.17, 15) is 18.0 Å². The maximum Gasteiger partial charge on any atom is 0.244 e. The van der Waals surface area contributed by atoms with E-state index >= 15 is 0 Å². The first-order valence-electron chi connectivity index (χ1n) is 11.4. The van der Waals surface area contributed by atoms with Gasteiger partial charge in [0.1, 0.15) is 12.6 Å². The van der Waals surface area contributed by atoms with Gasteiger partial charge in [-0.15, -0.1) is 0 Å². The van der Waals surface area contributed by atoms with Crippen LogP contribution < -0.4 is 9.62 Å². The molecule has 0 bridgehead atoms. The van der Waals surface area contributed by atoms with Crippen LogP contribution in [-0.2, 0) is 26.2 Å². The van der Waals surface area contributed by atoms with Gasteiger partial charge in [-0.05, 0) is 50.5 Å². The Morgan fingerprint density at radius 2 is 1.79 bits per heavy atom. The molecular weight excluding hydrogens is 518 g/mol. The Labute approximate surface area is 210 Å². The van der Waals surface area contributed by atoms with Crippen LogP contribution in [0.3, 0.4) is 0 Å². The van der Waals surface area contributed by atoms with Crippen LogP contribution in [0.25, 0.3) is 0 Å². The zero-order valence-electron chi connectivity index (χ0n) is 19.8. The Kier molecular flexibility index (Phi) is 8.76. The lowest BCUT2D eigenvalue weighted by Gasteiger charge is -2.32. The highest BCUT2D eigenvalue weighted by Crippen LogP contribution is 2.23. The van der Waals surface area contributed by atoms with Crippen LogP contribution in [0.15, 0.2) is 53.0 Å². The number of hydrogen-bond donors (Lipinski definition) is 1. The van der Waals surface area contributed by atoms with Gasteiger partial charge in [-0.2, -0.15) is 0 Å². The average molecular weight is 551 g/mol. The predicted octanol–water partition coefficient (Wildman–Crippen LogP) is 4.00. The topological polar surface area (TPSA) is 86.8 Å². The quantitative estimate of drug-likeness (QED) is 0.512. The first-order chi connectivity index (χ1) is 16.0. The molecule has 0 heterocycles. The molecule has 1 aliphatic rings. The van der Waals surface area contributed by atoms with Gasteiger partial charge in [-0.3, -0.25) is 13.9 Å².